The average Bonchev–Trinajstić information content (AvgIpc) is 2.21. The van der Waals surface area contributed by atoms with Crippen molar-refractivity contribution in [2.24, 2.45) is 0 Å². The van der Waals surface area contributed by atoms with Gasteiger partial charge in [-0.25, -0.2) is 4.39 Å². The zero-order valence-electron chi connectivity index (χ0n) is 9.55. The Morgan fingerprint density at radius 1 is 1.44 bits per heavy atom. The Balaban J connectivity index is 2.37. The largest absolute Gasteiger partial charge is 0.370 e. The number of hydrogen-bond donors (Lipinski definition) is 0. The Labute approximate surface area is 94.4 Å². The molecule has 1 aromatic carbocycles. The number of methoxy groups -OCH3 is 1. The van der Waals surface area contributed by atoms with Crippen LogP contribution in [0.25, 0.3) is 0 Å². The topological polar surface area (TPSA) is 26.3 Å². The molecule has 3 heteroatoms. The highest BCUT2D eigenvalue weighted by atomic mass is 19.1. The van der Waals surface area contributed by atoms with Crippen LogP contribution in [0.2, 0.25) is 0 Å². The van der Waals surface area contributed by atoms with E-state index in [9.17, 15) is 9.18 Å². The fraction of sp³-hybridized carbons (Fsp3) is 0.462. The van der Waals surface area contributed by atoms with E-state index in [1.807, 2.05) is 6.92 Å². The Hall–Kier alpha value is -1.22. The first-order valence-electron chi connectivity index (χ1n) is 5.45. The van der Waals surface area contributed by atoms with Gasteiger partial charge in [-0.15, -0.1) is 0 Å². The van der Waals surface area contributed by atoms with Crippen LogP contribution in [0.15, 0.2) is 18.2 Å². The Morgan fingerprint density at radius 3 is 2.62 bits per heavy atom. The smallest absolute Gasteiger partial charge is 0.197 e. The minimum absolute atomic E-state index is 0.154. The van der Waals surface area contributed by atoms with E-state index in [2.05, 4.69) is 0 Å². The van der Waals surface area contributed by atoms with Crippen LogP contribution in [0.4, 0.5) is 4.39 Å². The molecule has 16 heavy (non-hydrogen) atoms. The lowest BCUT2D eigenvalue weighted by atomic mass is 9.74. The zero-order valence-corrected chi connectivity index (χ0v) is 9.55. The fourth-order valence-electron chi connectivity index (χ4n) is 2.08. The molecule has 1 aliphatic carbocycles. The second kappa shape index (κ2) is 3.98. The predicted molar refractivity (Wildman–Crippen MR) is 59.1 cm³/mol. The molecule has 0 amide bonds. The Bertz CT molecular complexity index is 416. The lowest BCUT2D eigenvalue weighted by Gasteiger charge is -2.38. The van der Waals surface area contributed by atoms with Crippen LogP contribution in [0.1, 0.15) is 35.2 Å². The summed E-state index contributed by atoms with van der Waals surface area (Å²) in [5, 5.41) is 0. The number of benzene rings is 1. The lowest BCUT2D eigenvalue weighted by molar-refractivity contribution is -0.0450. The van der Waals surface area contributed by atoms with Crippen LogP contribution in [0, 0.1) is 12.7 Å². The molecule has 0 N–H and O–H groups in total. The van der Waals surface area contributed by atoms with Crippen molar-refractivity contribution >= 4 is 5.78 Å². The van der Waals surface area contributed by atoms with Gasteiger partial charge in [0.15, 0.2) is 5.78 Å². The van der Waals surface area contributed by atoms with Crippen LogP contribution < -0.4 is 0 Å². The maximum atomic E-state index is 13.6. The Morgan fingerprint density at radius 2 is 2.12 bits per heavy atom. The highest BCUT2D eigenvalue weighted by molar-refractivity contribution is 6.03. The summed E-state index contributed by atoms with van der Waals surface area (Å²) in [4.78, 5) is 12.2. The van der Waals surface area contributed by atoms with Crippen molar-refractivity contribution in [3.63, 3.8) is 0 Å². The molecule has 0 atom stereocenters. The molecule has 0 saturated heterocycles. The van der Waals surface area contributed by atoms with Gasteiger partial charge in [-0.05, 0) is 38.3 Å². The fourth-order valence-corrected chi connectivity index (χ4v) is 2.08. The third-order valence-electron chi connectivity index (χ3n) is 3.33. The van der Waals surface area contributed by atoms with E-state index in [-0.39, 0.29) is 11.3 Å². The summed E-state index contributed by atoms with van der Waals surface area (Å²) in [6.07, 6.45) is 2.35. The molecule has 1 aromatic rings. The number of ketones is 1. The summed E-state index contributed by atoms with van der Waals surface area (Å²) >= 11 is 0. The highest BCUT2D eigenvalue weighted by Gasteiger charge is 2.45. The van der Waals surface area contributed by atoms with Gasteiger partial charge in [-0.1, -0.05) is 11.6 Å². The number of halogens is 1. The molecular weight excluding hydrogens is 207 g/mol. The average molecular weight is 222 g/mol. The van der Waals surface area contributed by atoms with E-state index in [1.165, 1.54) is 13.2 Å². The first-order valence-corrected chi connectivity index (χ1v) is 5.45. The van der Waals surface area contributed by atoms with Crippen molar-refractivity contribution in [2.75, 3.05) is 7.11 Å². The monoisotopic (exact) mass is 222 g/mol. The molecule has 1 aliphatic rings. The molecule has 0 bridgehead atoms. The van der Waals surface area contributed by atoms with Gasteiger partial charge in [0.1, 0.15) is 11.4 Å². The molecule has 0 aliphatic heterocycles. The first-order chi connectivity index (χ1) is 7.59. The quantitative estimate of drug-likeness (QED) is 0.735. The predicted octanol–water partition coefficient (Wildman–Crippen LogP) is 2.89. The van der Waals surface area contributed by atoms with E-state index >= 15 is 0 Å². The summed E-state index contributed by atoms with van der Waals surface area (Å²) in [5.41, 5.74) is 0.270. The molecule has 0 heterocycles. The van der Waals surface area contributed by atoms with Gasteiger partial charge in [0.2, 0.25) is 0 Å². The number of Topliss-reactive ketones (excluding diaryl/α,β-unsaturated/α-hetero) is 1. The van der Waals surface area contributed by atoms with Gasteiger partial charge in [-0.2, -0.15) is 0 Å². The van der Waals surface area contributed by atoms with Crippen LogP contribution in [-0.2, 0) is 4.74 Å². The molecule has 86 valence electrons. The van der Waals surface area contributed by atoms with E-state index in [0.717, 1.165) is 12.0 Å². The second-order valence-corrected chi connectivity index (χ2v) is 4.36. The summed E-state index contributed by atoms with van der Waals surface area (Å²) in [6.45, 7) is 1.84. The number of ether oxygens (including phenoxy) is 1. The minimum atomic E-state index is -0.769. The zero-order chi connectivity index (χ0) is 11.8. The number of rotatable bonds is 3. The molecule has 2 nitrogen and oxygen atoms in total. The van der Waals surface area contributed by atoms with Crippen molar-refractivity contribution < 1.29 is 13.9 Å². The van der Waals surface area contributed by atoms with Crippen molar-refractivity contribution in [3.8, 4) is 0 Å². The van der Waals surface area contributed by atoms with Gasteiger partial charge in [-0.3, -0.25) is 4.79 Å². The van der Waals surface area contributed by atoms with Crippen LogP contribution in [0.5, 0.6) is 0 Å². The van der Waals surface area contributed by atoms with Gasteiger partial charge in [0.25, 0.3) is 0 Å². The first kappa shape index (κ1) is 11.3. The molecule has 1 fully saturated rings. The third-order valence-corrected chi connectivity index (χ3v) is 3.33. The maximum Gasteiger partial charge on any atom is 0.197 e. The van der Waals surface area contributed by atoms with Crippen LogP contribution >= 0.6 is 0 Å². The second-order valence-electron chi connectivity index (χ2n) is 4.36. The van der Waals surface area contributed by atoms with Crippen LogP contribution in [0.3, 0.4) is 0 Å². The normalized spacial score (nSPS) is 17.9. The van der Waals surface area contributed by atoms with E-state index in [4.69, 9.17) is 4.74 Å². The number of carbonyl (C=O) groups excluding carboxylic acids is 1. The molecular formula is C13H15FO2. The number of aryl methyl sites for hydroxylation is 1. The SMILES string of the molecule is COC1(C(=O)c2cc(C)ccc2F)CCC1. The van der Waals surface area contributed by atoms with E-state index < -0.39 is 11.4 Å². The van der Waals surface area contributed by atoms with Crippen molar-refractivity contribution in [1.82, 2.24) is 0 Å². The Kier molecular flexibility index (Phi) is 2.80. The third kappa shape index (κ3) is 1.65. The standard InChI is InChI=1S/C13H15FO2/c1-9-4-5-11(14)10(8-9)12(15)13(16-2)6-3-7-13/h4-5,8H,3,6-7H2,1-2H3. The van der Waals surface area contributed by atoms with Crippen molar-refractivity contribution in [1.29, 1.82) is 0 Å². The molecule has 0 radical (unpaired) electrons. The molecule has 2 rings (SSSR count). The van der Waals surface area contributed by atoms with Gasteiger partial charge in [0, 0.05) is 7.11 Å². The summed E-state index contributed by atoms with van der Waals surface area (Å²) < 4.78 is 18.8. The number of carbonyl (C=O) groups is 1. The van der Waals surface area contributed by atoms with Crippen LogP contribution in [-0.4, -0.2) is 18.5 Å². The lowest BCUT2D eigenvalue weighted by Crippen LogP contribution is -2.47. The highest BCUT2D eigenvalue weighted by Crippen LogP contribution is 2.38. The van der Waals surface area contributed by atoms with Crippen molar-refractivity contribution in [3.05, 3.63) is 35.1 Å². The number of hydrogen-bond acceptors (Lipinski definition) is 2. The van der Waals surface area contributed by atoms with Crippen molar-refractivity contribution in [2.45, 2.75) is 31.8 Å². The van der Waals surface area contributed by atoms with Gasteiger partial charge < -0.3 is 4.74 Å². The maximum absolute atomic E-state index is 13.6. The van der Waals surface area contributed by atoms with E-state index in [1.54, 1.807) is 12.1 Å². The summed E-state index contributed by atoms with van der Waals surface area (Å²) in [7, 11) is 1.52. The molecule has 0 unspecified atom stereocenters. The summed E-state index contributed by atoms with van der Waals surface area (Å²) in [5.74, 6) is -0.679. The van der Waals surface area contributed by atoms with Gasteiger partial charge >= 0.3 is 0 Å². The summed E-state index contributed by atoms with van der Waals surface area (Å²) in [6, 6.07) is 4.59. The minimum Gasteiger partial charge on any atom is -0.370 e. The van der Waals surface area contributed by atoms with Gasteiger partial charge in [0.05, 0.1) is 5.56 Å². The molecule has 0 spiro atoms. The molecule has 0 aromatic heterocycles. The molecule has 1 saturated carbocycles. The van der Waals surface area contributed by atoms with E-state index in [0.29, 0.717) is 12.8 Å².